The molecular weight excluding hydrogens is 274 g/mol. The van der Waals surface area contributed by atoms with Gasteiger partial charge in [0.15, 0.2) is 9.84 Å². The fourth-order valence-corrected chi connectivity index (χ4v) is 2.46. The Morgan fingerprint density at radius 3 is 2.65 bits per heavy atom. The summed E-state index contributed by atoms with van der Waals surface area (Å²) >= 11 is 0. The van der Waals surface area contributed by atoms with Crippen molar-refractivity contribution in [3.05, 3.63) is 47.8 Å². The average Bonchev–Trinajstić information content (AvgIpc) is 2.38. The van der Waals surface area contributed by atoms with Gasteiger partial charge in [-0.2, -0.15) is 0 Å². The SMILES string of the molecule is Cc1ccncc1CNc1ccc(S(C)(=O)=O)cc1N. The van der Waals surface area contributed by atoms with E-state index in [1.807, 2.05) is 13.0 Å². The lowest BCUT2D eigenvalue weighted by Gasteiger charge is -2.11. The summed E-state index contributed by atoms with van der Waals surface area (Å²) in [5.41, 5.74) is 9.20. The van der Waals surface area contributed by atoms with Crippen molar-refractivity contribution in [3.63, 3.8) is 0 Å². The Labute approximate surface area is 118 Å². The van der Waals surface area contributed by atoms with Crippen molar-refractivity contribution in [2.24, 2.45) is 0 Å². The van der Waals surface area contributed by atoms with E-state index >= 15 is 0 Å². The van der Waals surface area contributed by atoms with Crippen LogP contribution in [0.5, 0.6) is 0 Å². The Morgan fingerprint density at radius 1 is 1.30 bits per heavy atom. The largest absolute Gasteiger partial charge is 0.397 e. The van der Waals surface area contributed by atoms with Gasteiger partial charge in [0.05, 0.1) is 16.3 Å². The lowest BCUT2D eigenvalue weighted by molar-refractivity contribution is 0.602. The molecule has 1 aromatic carbocycles. The summed E-state index contributed by atoms with van der Waals surface area (Å²) in [6, 6.07) is 6.63. The van der Waals surface area contributed by atoms with Crippen LogP contribution in [0.3, 0.4) is 0 Å². The number of anilines is 2. The van der Waals surface area contributed by atoms with Gasteiger partial charge in [-0.1, -0.05) is 0 Å². The van der Waals surface area contributed by atoms with Gasteiger partial charge in [0.2, 0.25) is 0 Å². The summed E-state index contributed by atoms with van der Waals surface area (Å²) in [6.45, 7) is 2.59. The highest BCUT2D eigenvalue weighted by Gasteiger charge is 2.09. The highest BCUT2D eigenvalue weighted by Crippen LogP contribution is 2.23. The van der Waals surface area contributed by atoms with Gasteiger partial charge in [-0.25, -0.2) is 8.42 Å². The van der Waals surface area contributed by atoms with Crippen LogP contribution < -0.4 is 11.1 Å². The molecule has 0 bridgehead atoms. The number of benzene rings is 1. The summed E-state index contributed by atoms with van der Waals surface area (Å²) in [4.78, 5) is 4.30. The summed E-state index contributed by atoms with van der Waals surface area (Å²) in [7, 11) is -3.23. The maximum absolute atomic E-state index is 11.4. The number of aromatic nitrogens is 1. The standard InChI is InChI=1S/C14H17N3O2S/c1-10-5-6-16-8-11(10)9-17-14-4-3-12(7-13(14)15)20(2,18)19/h3-8,17H,9,15H2,1-2H3. The second kappa shape index (κ2) is 5.50. The summed E-state index contributed by atoms with van der Waals surface area (Å²) in [5.74, 6) is 0. The van der Waals surface area contributed by atoms with Crippen molar-refractivity contribution in [2.45, 2.75) is 18.4 Å². The van der Waals surface area contributed by atoms with Crippen LogP contribution in [-0.4, -0.2) is 19.7 Å². The molecule has 2 aromatic rings. The smallest absolute Gasteiger partial charge is 0.175 e. The van der Waals surface area contributed by atoms with Crippen LogP contribution in [0.2, 0.25) is 0 Å². The Kier molecular flexibility index (Phi) is 3.94. The van der Waals surface area contributed by atoms with Crippen molar-refractivity contribution in [2.75, 3.05) is 17.3 Å². The molecule has 0 radical (unpaired) electrons. The number of nitrogens with one attached hydrogen (secondary N) is 1. The molecule has 5 nitrogen and oxygen atoms in total. The molecule has 1 heterocycles. The van der Waals surface area contributed by atoms with Gasteiger partial charge in [0, 0.05) is 25.2 Å². The quantitative estimate of drug-likeness (QED) is 0.841. The average molecular weight is 291 g/mol. The van der Waals surface area contributed by atoms with Gasteiger partial charge in [0.25, 0.3) is 0 Å². The van der Waals surface area contributed by atoms with Crippen LogP contribution in [-0.2, 0) is 16.4 Å². The lowest BCUT2D eigenvalue weighted by Crippen LogP contribution is -2.05. The van der Waals surface area contributed by atoms with Gasteiger partial charge in [-0.15, -0.1) is 0 Å². The molecule has 2 rings (SSSR count). The summed E-state index contributed by atoms with van der Waals surface area (Å²) < 4.78 is 22.9. The molecular formula is C14H17N3O2S. The summed E-state index contributed by atoms with van der Waals surface area (Å²) in [5, 5.41) is 3.19. The molecule has 106 valence electrons. The third kappa shape index (κ3) is 3.27. The molecule has 0 aliphatic heterocycles. The fourth-order valence-electron chi connectivity index (χ4n) is 1.80. The van der Waals surface area contributed by atoms with E-state index in [4.69, 9.17) is 5.73 Å². The first-order valence-electron chi connectivity index (χ1n) is 6.11. The van der Waals surface area contributed by atoms with Crippen molar-refractivity contribution in [3.8, 4) is 0 Å². The first-order valence-corrected chi connectivity index (χ1v) is 8.00. The van der Waals surface area contributed by atoms with Crippen LogP contribution in [0.25, 0.3) is 0 Å². The van der Waals surface area contributed by atoms with E-state index in [0.29, 0.717) is 17.9 Å². The monoisotopic (exact) mass is 291 g/mol. The van der Waals surface area contributed by atoms with Crippen LogP contribution in [0.15, 0.2) is 41.6 Å². The number of sulfone groups is 1. The van der Waals surface area contributed by atoms with E-state index < -0.39 is 9.84 Å². The maximum atomic E-state index is 11.4. The van der Waals surface area contributed by atoms with Gasteiger partial charge < -0.3 is 11.1 Å². The summed E-state index contributed by atoms with van der Waals surface area (Å²) in [6.07, 6.45) is 4.70. The second-order valence-electron chi connectivity index (χ2n) is 4.68. The predicted octanol–water partition coefficient (Wildman–Crippen LogP) is 1.99. The molecule has 0 saturated carbocycles. The minimum atomic E-state index is -3.23. The topological polar surface area (TPSA) is 85.1 Å². The number of hydrogen-bond donors (Lipinski definition) is 2. The number of nitrogens with two attached hydrogens (primary N) is 1. The number of nitrogens with zero attached hydrogens (tertiary/aromatic N) is 1. The maximum Gasteiger partial charge on any atom is 0.175 e. The normalized spacial score (nSPS) is 11.3. The number of aryl methyl sites for hydroxylation is 1. The fraction of sp³-hybridized carbons (Fsp3) is 0.214. The van der Waals surface area contributed by atoms with Gasteiger partial charge in [-0.3, -0.25) is 4.98 Å². The molecule has 0 aliphatic rings. The molecule has 0 saturated heterocycles. The molecule has 20 heavy (non-hydrogen) atoms. The number of pyridine rings is 1. The number of rotatable bonds is 4. The van der Waals surface area contributed by atoms with Crippen molar-refractivity contribution in [1.82, 2.24) is 4.98 Å². The minimum Gasteiger partial charge on any atom is -0.397 e. The van der Waals surface area contributed by atoms with Crippen LogP contribution in [0.1, 0.15) is 11.1 Å². The van der Waals surface area contributed by atoms with Crippen molar-refractivity contribution < 1.29 is 8.42 Å². The minimum absolute atomic E-state index is 0.220. The number of nitrogen functional groups attached to an aromatic ring is 1. The van der Waals surface area contributed by atoms with E-state index in [-0.39, 0.29) is 4.90 Å². The van der Waals surface area contributed by atoms with Crippen LogP contribution in [0, 0.1) is 6.92 Å². The third-order valence-corrected chi connectivity index (χ3v) is 4.18. The lowest BCUT2D eigenvalue weighted by atomic mass is 10.1. The zero-order chi connectivity index (χ0) is 14.8. The Hall–Kier alpha value is -2.08. The highest BCUT2D eigenvalue weighted by molar-refractivity contribution is 7.90. The Balaban J connectivity index is 2.17. The first-order chi connectivity index (χ1) is 9.38. The van der Waals surface area contributed by atoms with Crippen molar-refractivity contribution >= 4 is 21.2 Å². The zero-order valence-electron chi connectivity index (χ0n) is 11.4. The van der Waals surface area contributed by atoms with E-state index in [9.17, 15) is 8.42 Å². The van der Waals surface area contributed by atoms with Crippen LogP contribution >= 0.6 is 0 Å². The second-order valence-corrected chi connectivity index (χ2v) is 6.69. The molecule has 0 aliphatic carbocycles. The molecule has 0 atom stereocenters. The Morgan fingerprint density at radius 2 is 2.05 bits per heavy atom. The third-order valence-electron chi connectivity index (χ3n) is 3.07. The molecule has 0 amide bonds. The van der Waals surface area contributed by atoms with Gasteiger partial charge in [-0.05, 0) is 42.3 Å². The molecule has 1 aromatic heterocycles. The Bertz CT molecular complexity index is 727. The molecule has 0 unspecified atom stereocenters. The van der Waals surface area contributed by atoms with Gasteiger partial charge >= 0.3 is 0 Å². The van der Waals surface area contributed by atoms with E-state index in [1.54, 1.807) is 24.5 Å². The molecule has 0 fully saturated rings. The predicted molar refractivity (Wildman–Crippen MR) is 80.3 cm³/mol. The van der Waals surface area contributed by atoms with E-state index in [2.05, 4.69) is 10.3 Å². The molecule has 6 heteroatoms. The number of hydrogen-bond acceptors (Lipinski definition) is 5. The molecule has 0 spiro atoms. The first kappa shape index (κ1) is 14.3. The zero-order valence-corrected chi connectivity index (χ0v) is 12.2. The van der Waals surface area contributed by atoms with Gasteiger partial charge in [0.1, 0.15) is 0 Å². The van der Waals surface area contributed by atoms with Crippen molar-refractivity contribution in [1.29, 1.82) is 0 Å². The van der Waals surface area contributed by atoms with Crippen LogP contribution in [0.4, 0.5) is 11.4 Å². The van der Waals surface area contributed by atoms with E-state index in [0.717, 1.165) is 17.4 Å². The highest BCUT2D eigenvalue weighted by atomic mass is 32.2. The van der Waals surface area contributed by atoms with E-state index in [1.165, 1.54) is 6.07 Å². The molecule has 3 N–H and O–H groups in total.